The fraction of sp³-hybridized carbons (Fsp3) is 0.143. The molecule has 0 aliphatic heterocycles. The lowest BCUT2D eigenvalue weighted by atomic mass is 10.2. The van der Waals surface area contributed by atoms with Crippen molar-refractivity contribution in [3.05, 3.63) is 46.6 Å². The normalized spacial score (nSPS) is 9.86. The number of nitrogens with zero attached hydrogens (tertiary/aromatic N) is 3. The van der Waals surface area contributed by atoms with Gasteiger partial charge >= 0.3 is 17.6 Å². The number of benzene rings is 1. The summed E-state index contributed by atoms with van der Waals surface area (Å²) in [5.74, 6) is -1.99. The average molecular weight is 301 g/mol. The van der Waals surface area contributed by atoms with Gasteiger partial charge in [0.25, 0.3) is 0 Å². The lowest BCUT2D eigenvalue weighted by molar-refractivity contribution is -0.275. The second-order valence-corrected chi connectivity index (χ2v) is 4.20. The molecule has 0 radical (unpaired) electrons. The smallest absolute Gasteiger partial charge is 0.410 e. The van der Waals surface area contributed by atoms with Crippen molar-refractivity contribution in [3.63, 3.8) is 0 Å². The van der Waals surface area contributed by atoms with Gasteiger partial charge < -0.3 is 19.1 Å². The number of esters is 2. The van der Waals surface area contributed by atoms with Gasteiger partial charge in [-0.25, -0.2) is 9.59 Å². The van der Waals surface area contributed by atoms with Crippen molar-refractivity contribution >= 4 is 17.6 Å². The summed E-state index contributed by atoms with van der Waals surface area (Å²) in [5, 5.41) is 21.0. The van der Waals surface area contributed by atoms with Crippen LogP contribution in [-0.2, 0) is 9.47 Å². The molecule has 0 aliphatic carbocycles. The molecule has 2 rings (SSSR count). The highest BCUT2D eigenvalue weighted by Crippen LogP contribution is 2.33. The Morgan fingerprint density at radius 3 is 2.23 bits per heavy atom. The fourth-order valence-corrected chi connectivity index (χ4v) is 1.90. The molecule has 2 aromatic rings. The number of hydrogen-bond donors (Lipinski definition) is 0. The number of methoxy groups -OCH3 is 2. The van der Waals surface area contributed by atoms with E-state index in [1.165, 1.54) is 37.6 Å². The summed E-state index contributed by atoms with van der Waals surface area (Å²) in [7, 11) is 2.41. The molecule has 1 heterocycles. The predicted molar refractivity (Wildman–Crippen MR) is 72.6 cm³/mol. The van der Waals surface area contributed by atoms with Crippen LogP contribution in [0.4, 0.5) is 5.69 Å². The van der Waals surface area contributed by atoms with Crippen LogP contribution < -0.4 is 5.11 Å². The summed E-state index contributed by atoms with van der Waals surface area (Å²) in [4.78, 5) is 25.8. The average Bonchev–Trinajstić information content (AvgIpc) is 2.90. The highest BCUT2D eigenvalue weighted by Gasteiger charge is 2.27. The number of aromatic nitrogens is 1. The Morgan fingerprint density at radius 2 is 1.73 bits per heavy atom. The maximum Gasteiger partial charge on any atom is 0.410 e. The van der Waals surface area contributed by atoms with Crippen LogP contribution in [0.2, 0.25) is 0 Å². The van der Waals surface area contributed by atoms with Crippen molar-refractivity contribution < 1.29 is 24.2 Å². The lowest BCUT2D eigenvalue weighted by Crippen LogP contribution is -2.03. The van der Waals surface area contributed by atoms with Crippen LogP contribution in [0.1, 0.15) is 20.7 Å². The van der Waals surface area contributed by atoms with Gasteiger partial charge in [-0.3, -0.25) is 0 Å². The SMILES string of the molecule is COC(=O)c1ccc(-n2cc(C(=O)OC)c([N+]#N)c2[O-])cc1. The molecule has 0 N–H and O–H groups in total. The number of carbonyl (C=O) groups excluding carboxylic acids is 2. The molecule has 22 heavy (non-hydrogen) atoms. The molecule has 1 aromatic heterocycles. The van der Waals surface area contributed by atoms with Crippen LogP contribution in [0, 0.1) is 5.39 Å². The van der Waals surface area contributed by atoms with E-state index in [4.69, 9.17) is 5.39 Å². The van der Waals surface area contributed by atoms with Gasteiger partial charge in [0.2, 0.25) is 5.39 Å². The minimum absolute atomic E-state index is 0.160. The zero-order chi connectivity index (χ0) is 16.3. The molecule has 0 amide bonds. The molecule has 0 unspecified atom stereocenters. The van der Waals surface area contributed by atoms with E-state index in [9.17, 15) is 14.7 Å². The van der Waals surface area contributed by atoms with Crippen LogP contribution in [0.3, 0.4) is 0 Å². The first-order valence-corrected chi connectivity index (χ1v) is 6.08. The van der Waals surface area contributed by atoms with Crippen LogP contribution in [-0.4, -0.2) is 30.7 Å². The third kappa shape index (κ3) is 2.47. The Hall–Kier alpha value is -3.34. The van der Waals surface area contributed by atoms with Crippen molar-refractivity contribution in [2.24, 2.45) is 0 Å². The molecule has 1 aromatic carbocycles. The van der Waals surface area contributed by atoms with Crippen LogP contribution in [0.5, 0.6) is 5.88 Å². The number of diazo groups is 1. The Labute approximate surface area is 125 Å². The monoisotopic (exact) mass is 301 g/mol. The molecular weight excluding hydrogens is 290 g/mol. The summed E-state index contributed by atoms with van der Waals surface area (Å²) >= 11 is 0. The zero-order valence-corrected chi connectivity index (χ0v) is 11.8. The second-order valence-electron chi connectivity index (χ2n) is 4.20. The number of carbonyl (C=O) groups is 2. The minimum atomic E-state index is -0.796. The van der Waals surface area contributed by atoms with E-state index in [1.54, 1.807) is 0 Å². The van der Waals surface area contributed by atoms with Crippen molar-refractivity contribution in [1.82, 2.24) is 4.57 Å². The molecular formula is C14H11N3O5. The van der Waals surface area contributed by atoms with Crippen molar-refractivity contribution in [1.29, 1.82) is 5.39 Å². The standard InChI is InChI=1S/C14H11N3O5/c1-21-13(19)8-3-5-9(6-4-8)17-7-10(14(20)22-2)11(16-15)12(17)18/h3-7H,1-2H3. The van der Waals surface area contributed by atoms with Gasteiger partial charge in [0.1, 0.15) is 0 Å². The van der Waals surface area contributed by atoms with Gasteiger partial charge in [-0.15, -0.1) is 0 Å². The van der Waals surface area contributed by atoms with Gasteiger partial charge in [-0.2, -0.15) is 0 Å². The van der Waals surface area contributed by atoms with Gasteiger partial charge in [0, 0.05) is 11.9 Å². The van der Waals surface area contributed by atoms with Crippen molar-refractivity contribution in [2.45, 2.75) is 0 Å². The van der Waals surface area contributed by atoms with E-state index >= 15 is 0 Å². The Morgan fingerprint density at radius 1 is 1.14 bits per heavy atom. The molecule has 0 atom stereocenters. The number of ether oxygens (including phenoxy) is 2. The third-order valence-electron chi connectivity index (χ3n) is 3.01. The van der Waals surface area contributed by atoms with Gasteiger partial charge in [0.15, 0.2) is 10.5 Å². The Bertz CT molecular complexity index is 771. The molecule has 8 heteroatoms. The van der Waals surface area contributed by atoms with E-state index < -0.39 is 23.5 Å². The van der Waals surface area contributed by atoms with E-state index in [0.717, 1.165) is 11.7 Å². The maximum atomic E-state index is 12.1. The van der Waals surface area contributed by atoms with E-state index in [2.05, 4.69) is 14.4 Å². The lowest BCUT2D eigenvalue weighted by Gasteiger charge is -2.10. The summed E-state index contributed by atoms with van der Waals surface area (Å²) in [6.45, 7) is 0. The van der Waals surface area contributed by atoms with Gasteiger partial charge in [-0.05, 0) is 24.3 Å². The van der Waals surface area contributed by atoms with Crippen molar-refractivity contribution in [2.75, 3.05) is 14.2 Å². The molecule has 0 fully saturated rings. The topological polar surface area (TPSA) is 109 Å². The van der Waals surface area contributed by atoms with Gasteiger partial charge in [0.05, 0.1) is 25.7 Å². The van der Waals surface area contributed by atoms with Crippen LogP contribution >= 0.6 is 0 Å². The van der Waals surface area contributed by atoms with Crippen LogP contribution in [0.15, 0.2) is 30.5 Å². The maximum absolute atomic E-state index is 12.1. The second kappa shape index (κ2) is 5.97. The zero-order valence-electron chi connectivity index (χ0n) is 11.8. The van der Waals surface area contributed by atoms with E-state index in [-0.39, 0.29) is 5.56 Å². The molecule has 0 saturated heterocycles. The molecule has 0 aliphatic rings. The first kappa shape index (κ1) is 15.1. The quantitative estimate of drug-likeness (QED) is 0.629. The summed E-state index contributed by atoms with van der Waals surface area (Å²) in [6, 6.07) is 5.92. The minimum Gasteiger partial charge on any atom is -0.854 e. The first-order valence-electron chi connectivity index (χ1n) is 6.08. The number of rotatable bonds is 3. The van der Waals surface area contributed by atoms with E-state index in [1.807, 2.05) is 0 Å². The summed E-state index contributed by atoms with van der Waals surface area (Å²) in [5.41, 5.74) is 0.125. The molecule has 8 nitrogen and oxygen atoms in total. The van der Waals surface area contributed by atoms with Crippen LogP contribution in [0.25, 0.3) is 10.7 Å². The molecule has 0 bridgehead atoms. The van der Waals surface area contributed by atoms with Gasteiger partial charge in [-0.1, -0.05) is 0 Å². The molecule has 0 saturated carbocycles. The highest BCUT2D eigenvalue weighted by molar-refractivity contribution is 5.97. The summed E-state index contributed by atoms with van der Waals surface area (Å²) < 4.78 is 10.2. The summed E-state index contributed by atoms with van der Waals surface area (Å²) in [6.07, 6.45) is 1.20. The molecule has 112 valence electrons. The first-order chi connectivity index (χ1) is 10.5. The Balaban J connectivity index is 2.50. The van der Waals surface area contributed by atoms with Crippen molar-refractivity contribution in [3.8, 4) is 11.6 Å². The fourth-order valence-electron chi connectivity index (χ4n) is 1.90. The largest absolute Gasteiger partial charge is 0.854 e. The predicted octanol–water partition coefficient (Wildman–Crippen LogP) is 1.61. The third-order valence-corrected chi connectivity index (χ3v) is 3.01. The number of hydrogen-bond acceptors (Lipinski definition) is 6. The van der Waals surface area contributed by atoms with E-state index in [0.29, 0.717) is 11.3 Å². The molecule has 0 spiro atoms. The highest BCUT2D eigenvalue weighted by atomic mass is 16.5. The Kier molecular flexibility index (Phi) is 4.08.